The van der Waals surface area contributed by atoms with Gasteiger partial charge in [-0.25, -0.2) is 0 Å². The van der Waals surface area contributed by atoms with Crippen LogP contribution in [-0.2, 0) is 10.4 Å². The van der Waals surface area contributed by atoms with Gasteiger partial charge in [0.25, 0.3) is 0 Å². The maximum absolute atomic E-state index is 8.74. The Labute approximate surface area is 150 Å². The zero-order valence-corrected chi connectivity index (χ0v) is 15.5. The van der Waals surface area contributed by atoms with E-state index >= 15 is 0 Å². The summed E-state index contributed by atoms with van der Waals surface area (Å²) in [5.41, 5.74) is 3.78. The van der Waals surface area contributed by atoms with Crippen LogP contribution in [-0.4, -0.2) is 62.4 Å². The predicted octanol–water partition coefficient (Wildman–Crippen LogP) is -1.57. The minimum Gasteiger partial charge on any atom is -0.412 e. The van der Waals surface area contributed by atoms with Gasteiger partial charge in [0.2, 0.25) is 0 Å². The number of anilines is 1. The van der Waals surface area contributed by atoms with Crippen molar-refractivity contribution in [1.82, 2.24) is 0 Å². The van der Waals surface area contributed by atoms with Crippen molar-refractivity contribution in [3.05, 3.63) is 29.3 Å². The number of aryl methyl sites for hydroxylation is 2. The molecule has 1 aromatic rings. The molecule has 13 N–H and O–H groups in total. The van der Waals surface area contributed by atoms with E-state index in [1.54, 1.807) is 0 Å². The normalized spacial score (nSPS) is 11.9. The van der Waals surface area contributed by atoms with E-state index in [1.807, 2.05) is 11.8 Å². The van der Waals surface area contributed by atoms with Gasteiger partial charge in [0, 0.05) is 18.0 Å². The van der Waals surface area contributed by atoms with Crippen molar-refractivity contribution in [3.8, 4) is 0 Å². The molecule has 25 heavy (non-hydrogen) atoms. The number of benzene rings is 1. The summed E-state index contributed by atoms with van der Waals surface area (Å²) in [4.78, 5) is 4.48. The second-order valence-corrected chi connectivity index (χ2v) is 6.21. The van der Waals surface area contributed by atoms with E-state index in [4.69, 9.17) is 17.5 Å². The second-order valence-electron chi connectivity index (χ2n) is 4.23. The predicted molar refractivity (Wildman–Crippen MR) is 101 cm³/mol. The summed E-state index contributed by atoms with van der Waals surface area (Å²) >= 11 is 1.81. The maximum Gasteiger partial charge on any atom is 0.394 e. The van der Waals surface area contributed by atoms with Crippen molar-refractivity contribution in [2.75, 3.05) is 17.6 Å². The molecular formula is C12H28N2O9S2. The van der Waals surface area contributed by atoms with Crippen LogP contribution in [0, 0.1) is 13.8 Å². The lowest BCUT2D eigenvalue weighted by Crippen LogP contribution is -2.14. The van der Waals surface area contributed by atoms with E-state index < -0.39 is 10.4 Å². The molecule has 11 nitrogen and oxygen atoms in total. The van der Waals surface area contributed by atoms with Gasteiger partial charge < -0.3 is 32.7 Å². The highest BCUT2D eigenvalue weighted by Crippen LogP contribution is 2.22. The zero-order valence-electron chi connectivity index (χ0n) is 13.8. The van der Waals surface area contributed by atoms with Gasteiger partial charge in [-0.05, 0) is 31.4 Å². The first kappa shape index (κ1) is 34.9. The molecule has 0 saturated carbocycles. The van der Waals surface area contributed by atoms with Crippen LogP contribution in [0.1, 0.15) is 17.5 Å². The summed E-state index contributed by atoms with van der Waals surface area (Å²) < 4.78 is 31.6. The minimum absolute atomic E-state index is 0. The van der Waals surface area contributed by atoms with Crippen molar-refractivity contribution in [2.24, 2.45) is 4.99 Å². The molecule has 0 atom stereocenters. The van der Waals surface area contributed by atoms with Crippen LogP contribution in [0.2, 0.25) is 0 Å². The molecule has 2 rings (SSSR count). The van der Waals surface area contributed by atoms with E-state index in [2.05, 4.69) is 42.4 Å². The van der Waals surface area contributed by atoms with Gasteiger partial charge >= 0.3 is 10.4 Å². The highest BCUT2D eigenvalue weighted by molar-refractivity contribution is 8.14. The number of hydrogen-bond acceptors (Lipinski definition) is 5. The van der Waals surface area contributed by atoms with Crippen molar-refractivity contribution < 1.29 is 44.9 Å². The van der Waals surface area contributed by atoms with Gasteiger partial charge in [-0.15, -0.1) is 0 Å². The number of nitrogens with one attached hydrogen (secondary N) is 1. The third-order valence-electron chi connectivity index (χ3n) is 2.51. The summed E-state index contributed by atoms with van der Waals surface area (Å²) in [5, 5.41) is 4.50. The van der Waals surface area contributed by atoms with Gasteiger partial charge in [-0.1, -0.05) is 30.0 Å². The topological polar surface area (TPSA) is 256 Å². The largest absolute Gasteiger partial charge is 0.412 e. The molecule has 0 unspecified atom stereocenters. The number of amidine groups is 1. The maximum atomic E-state index is 8.74. The lowest BCUT2D eigenvalue weighted by molar-refractivity contribution is 0.381. The molecule has 0 aromatic heterocycles. The van der Waals surface area contributed by atoms with Gasteiger partial charge in [-0.2, -0.15) is 8.42 Å². The first-order chi connectivity index (χ1) is 9.27. The Balaban J connectivity index is -0.000000120. The Kier molecular flexibility index (Phi) is 22.6. The fourth-order valence-corrected chi connectivity index (χ4v) is 2.48. The molecule has 0 fully saturated rings. The number of para-hydroxylation sites is 1. The molecule has 152 valence electrons. The molecule has 1 heterocycles. The van der Waals surface area contributed by atoms with Crippen LogP contribution in [0.5, 0.6) is 0 Å². The first-order valence-electron chi connectivity index (χ1n) is 5.98. The molecule has 0 spiro atoms. The van der Waals surface area contributed by atoms with Gasteiger partial charge in [0.05, 0.1) is 0 Å². The molecule has 0 amide bonds. The molecule has 0 saturated heterocycles. The molecule has 1 aliphatic heterocycles. The molecule has 1 aromatic carbocycles. The van der Waals surface area contributed by atoms with Crippen molar-refractivity contribution in [2.45, 2.75) is 20.3 Å². The van der Waals surface area contributed by atoms with Crippen molar-refractivity contribution in [3.63, 3.8) is 0 Å². The van der Waals surface area contributed by atoms with E-state index in [-0.39, 0.29) is 27.4 Å². The third kappa shape index (κ3) is 16.0. The van der Waals surface area contributed by atoms with Crippen molar-refractivity contribution in [1.29, 1.82) is 0 Å². The zero-order chi connectivity index (χ0) is 15.2. The smallest absolute Gasteiger partial charge is 0.394 e. The van der Waals surface area contributed by atoms with Gasteiger partial charge in [0.1, 0.15) is 0 Å². The SMILES string of the molecule is Cc1cccc(C)c1NC1=NCCCS1.O.O.O.O.O.O=S(=O)(O)O. The number of thioether (sulfide) groups is 1. The monoisotopic (exact) mass is 408 g/mol. The van der Waals surface area contributed by atoms with Gasteiger partial charge in [0.15, 0.2) is 5.17 Å². The fraction of sp³-hybridized carbons (Fsp3) is 0.417. The Morgan fingerprint density at radius 3 is 1.84 bits per heavy atom. The molecule has 1 aliphatic rings. The highest BCUT2D eigenvalue weighted by atomic mass is 32.3. The van der Waals surface area contributed by atoms with Crippen LogP contribution in [0.3, 0.4) is 0 Å². The Morgan fingerprint density at radius 1 is 1.04 bits per heavy atom. The van der Waals surface area contributed by atoms with E-state index in [1.165, 1.54) is 29.0 Å². The third-order valence-corrected chi connectivity index (χ3v) is 3.51. The standard InChI is InChI=1S/C12H16N2S.H2O4S.5H2O/c1-9-5-3-6-10(2)11(9)14-12-13-7-4-8-15-12;1-5(2,3)4;;;;;/h3,5-6H,4,7-8H2,1-2H3,(H,13,14);(H2,1,2,3,4);5*1H2. The number of hydrogen-bond donors (Lipinski definition) is 3. The average Bonchev–Trinajstić information content (AvgIpc) is 2.33. The summed E-state index contributed by atoms with van der Waals surface area (Å²) in [6.07, 6.45) is 1.20. The van der Waals surface area contributed by atoms with Crippen LogP contribution in [0.25, 0.3) is 0 Å². The minimum atomic E-state index is -4.67. The molecule has 0 bridgehead atoms. The summed E-state index contributed by atoms with van der Waals surface area (Å²) in [7, 11) is -4.67. The van der Waals surface area contributed by atoms with Crippen LogP contribution < -0.4 is 5.32 Å². The molecule has 0 aliphatic carbocycles. The van der Waals surface area contributed by atoms with Crippen LogP contribution in [0.15, 0.2) is 23.2 Å². The second kappa shape index (κ2) is 16.2. The van der Waals surface area contributed by atoms with Crippen LogP contribution in [0.4, 0.5) is 5.69 Å². The lowest BCUT2D eigenvalue weighted by Gasteiger charge is -2.16. The average molecular weight is 408 g/mol. The summed E-state index contributed by atoms with van der Waals surface area (Å²) in [5.74, 6) is 1.18. The molecular weight excluding hydrogens is 380 g/mol. The Hall–Kier alpha value is -1.29. The lowest BCUT2D eigenvalue weighted by atomic mass is 10.1. The van der Waals surface area contributed by atoms with Crippen LogP contribution >= 0.6 is 11.8 Å². The van der Waals surface area contributed by atoms with Crippen molar-refractivity contribution >= 4 is 33.0 Å². The highest BCUT2D eigenvalue weighted by Gasteiger charge is 2.08. The molecule has 13 heteroatoms. The quantitative estimate of drug-likeness (QED) is 0.462. The number of rotatable bonds is 1. The van der Waals surface area contributed by atoms with E-state index in [0.29, 0.717) is 0 Å². The first-order valence-corrected chi connectivity index (χ1v) is 8.36. The molecule has 0 radical (unpaired) electrons. The number of nitrogens with zero attached hydrogens (tertiary/aromatic N) is 1. The Bertz CT molecular complexity index is 566. The van der Waals surface area contributed by atoms with E-state index in [9.17, 15) is 0 Å². The summed E-state index contributed by atoms with van der Waals surface area (Å²) in [6.45, 7) is 5.22. The number of aliphatic imine (C=N–C) groups is 1. The summed E-state index contributed by atoms with van der Waals surface area (Å²) in [6, 6.07) is 6.35. The fourth-order valence-electron chi connectivity index (χ4n) is 1.65. The van der Waals surface area contributed by atoms with Gasteiger partial charge in [-0.3, -0.25) is 14.1 Å². The Morgan fingerprint density at radius 2 is 1.48 bits per heavy atom. The van der Waals surface area contributed by atoms with E-state index in [0.717, 1.165) is 11.7 Å².